The maximum atomic E-state index is 14.2. The molecule has 1 fully saturated rings. The number of hydrogen-bond acceptors (Lipinski definition) is 7. The van der Waals surface area contributed by atoms with Crippen molar-refractivity contribution >= 4 is 17.0 Å². The molecular formula is C27H29N3O5. The third-order valence-electron chi connectivity index (χ3n) is 6.45. The number of carbonyl (C=O) groups is 1. The highest BCUT2D eigenvalue weighted by molar-refractivity contribution is 6.07. The number of benzene rings is 1. The lowest BCUT2D eigenvalue weighted by atomic mass is 10.0. The number of ether oxygens (including phenoxy) is 2. The molecule has 5 rings (SSSR count). The van der Waals surface area contributed by atoms with E-state index < -0.39 is 0 Å². The van der Waals surface area contributed by atoms with Gasteiger partial charge in [0.2, 0.25) is 0 Å². The van der Waals surface area contributed by atoms with Gasteiger partial charge in [-0.2, -0.15) is 0 Å². The first kappa shape index (κ1) is 23.1. The Morgan fingerprint density at radius 3 is 2.74 bits per heavy atom. The molecule has 1 atom stereocenters. The lowest BCUT2D eigenvalue weighted by Gasteiger charge is -2.27. The van der Waals surface area contributed by atoms with Gasteiger partial charge in [-0.05, 0) is 51.8 Å². The minimum Gasteiger partial charge on any atom is -0.496 e. The second-order valence-electron chi connectivity index (χ2n) is 8.96. The molecule has 4 aromatic rings. The van der Waals surface area contributed by atoms with Crippen LogP contribution in [0.3, 0.4) is 0 Å². The summed E-state index contributed by atoms with van der Waals surface area (Å²) in [6, 6.07) is 11.5. The summed E-state index contributed by atoms with van der Waals surface area (Å²) in [5.41, 5.74) is 3.81. The van der Waals surface area contributed by atoms with E-state index in [-0.39, 0.29) is 12.0 Å². The van der Waals surface area contributed by atoms with Crippen molar-refractivity contribution in [1.29, 1.82) is 0 Å². The van der Waals surface area contributed by atoms with Gasteiger partial charge in [0.1, 0.15) is 17.3 Å². The van der Waals surface area contributed by atoms with Gasteiger partial charge >= 0.3 is 0 Å². The quantitative estimate of drug-likeness (QED) is 0.361. The molecule has 0 N–H and O–H groups in total. The molecule has 1 saturated heterocycles. The number of fused-ring (bicyclic) bond motifs is 1. The number of carbonyl (C=O) groups excluding carboxylic acids is 1. The highest BCUT2D eigenvalue weighted by atomic mass is 16.5. The number of amides is 1. The molecular weight excluding hydrogens is 446 g/mol. The van der Waals surface area contributed by atoms with Crippen LogP contribution in [-0.2, 0) is 11.3 Å². The molecule has 4 heterocycles. The number of methoxy groups -OCH3 is 1. The highest BCUT2D eigenvalue weighted by Crippen LogP contribution is 2.32. The smallest absolute Gasteiger partial charge is 0.259 e. The second kappa shape index (κ2) is 9.54. The van der Waals surface area contributed by atoms with Gasteiger partial charge in [-0.25, -0.2) is 4.98 Å². The number of hydrogen-bond donors (Lipinski definition) is 0. The van der Waals surface area contributed by atoms with E-state index in [9.17, 15) is 4.79 Å². The van der Waals surface area contributed by atoms with Gasteiger partial charge in [-0.3, -0.25) is 4.79 Å². The van der Waals surface area contributed by atoms with Crippen LogP contribution in [0, 0.1) is 20.8 Å². The fraction of sp³-hybridized carbons (Fsp3) is 0.370. The standard InChI is InChI=1S/C27H29N3O5/c1-16-12-21(18(3)34-16)23-13-22(25-17(2)29-35-26(25)28-23)27(31)30(15-20-9-7-11-33-20)14-19-8-5-6-10-24(19)32-4/h5-6,8,10,12-13,20H,7,9,11,14-15H2,1-4H3. The summed E-state index contributed by atoms with van der Waals surface area (Å²) in [6.07, 6.45) is 1.91. The number of aromatic nitrogens is 2. The first-order valence-corrected chi connectivity index (χ1v) is 11.8. The molecule has 1 unspecified atom stereocenters. The topological polar surface area (TPSA) is 90.8 Å². The van der Waals surface area contributed by atoms with Crippen LogP contribution >= 0.6 is 0 Å². The molecule has 8 heteroatoms. The van der Waals surface area contributed by atoms with E-state index in [4.69, 9.17) is 18.4 Å². The van der Waals surface area contributed by atoms with Gasteiger partial charge in [0.15, 0.2) is 0 Å². The van der Waals surface area contributed by atoms with E-state index >= 15 is 0 Å². The van der Waals surface area contributed by atoms with Crippen LogP contribution in [0.2, 0.25) is 0 Å². The third kappa shape index (κ3) is 4.53. The van der Waals surface area contributed by atoms with Crippen LogP contribution < -0.4 is 4.74 Å². The molecule has 1 aromatic carbocycles. The van der Waals surface area contributed by atoms with Gasteiger partial charge in [0.25, 0.3) is 11.6 Å². The number of nitrogens with zero attached hydrogens (tertiary/aromatic N) is 3. The van der Waals surface area contributed by atoms with Crippen molar-refractivity contribution in [2.75, 3.05) is 20.3 Å². The van der Waals surface area contributed by atoms with Gasteiger partial charge in [-0.1, -0.05) is 23.4 Å². The number of rotatable bonds is 7. The average molecular weight is 476 g/mol. The third-order valence-corrected chi connectivity index (χ3v) is 6.45. The molecule has 1 aliphatic rings. The zero-order chi connectivity index (χ0) is 24.5. The van der Waals surface area contributed by atoms with Crippen molar-refractivity contribution in [2.45, 2.75) is 46.3 Å². The normalized spacial score (nSPS) is 15.6. The SMILES string of the molecule is COc1ccccc1CN(CC1CCCO1)C(=O)c1cc(-c2cc(C)oc2C)nc2onc(C)c12. The molecule has 0 radical (unpaired) electrons. The molecule has 0 bridgehead atoms. The predicted molar refractivity (Wildman–Crippen MR) is 130 cm³/mol. The zero-order valence-electron chi connectivity index (χ0n) is 20.5. The van der Waals surface area contributed by atoms with Crippen molar-refractivity contribution in [1.82, 2.24) is 15.0 Å². The fourth-order valence-corrected chi connectivity index (χ4v) is 4.75. The minimum atomic E-state index is -0.135. The van der Waals surface area contributed by atoms with Crippen LogP contribution in [0.1, 0.15) is 46.0 Å². The van der Waals surface area contributed by atoms with E-state index in [1.165, 1.54) is 0 Å². The molecule has 0 spiro atoms. The molecule has 3 aromatic heterocycles. The Morgan fingerprint density at radius 2 is 2.03 bits per heavy atom. The Hall–Kier alpha value is -3.65. The van der Waals surface area contributed by atoms with Gasteiger partial charge < -0.3 is 23.3 Å². The Labute approximate surface area is 203 Å². The van der Waals surface area contributed by atoms with Crippen molar-refractivity contribution in [3.05, 3.63) is 64.7 Å². The van der Waals surface area contributed by atoms with Gasteiger partial charge in [0.05, 0.1) is 35.6 Å². The second-order valence-corrected chi connectivity index (χ2v) is 8.96. The van der Waals surface area contributed by atoms with E-state index in [1.54, 1.807) is 7.11 Å². The molecule has 182 valence electrons. The van der Waals surface area contributed by atoms with Gasteiger partial charge in [-0.15, -0.1) is 0 Å². The summed E-state index contributed by atoms with van der Waals surface area (Å²) in [5, 5.41) is 4.72. The van der Waals surface area contributed by atoms with Crippen molar-refractivity contribution in [2.24, 2.45) is 0 Å². The summed E-state index contributed by atoms with van der Waals surface area (Å²) < 4.78 is 22.7. The summed E-state index contributed by atoms with van der Waals surface area (Å²) in [7, 11) is 1.64. The van der Waals surface area contributed by atoms with Crippen molar-refractivity contribution in [3.8, 4) is 17.0 Å². The van der Waals surface area contributed by atoms with Crippen LogP contribution in [0.5, 0.6) is 5.75 Å². The number of aryl methyl sites for hydroxylation is 3. The van der Waals surface area contributed by atoms with Crippen LogP contribution in [0.4, 0.5) is 0 Å². The first-order valence-electron chi connectivity index (χ1n) is 11.8. The maximum Gasteiger partial charge on any atom is 0.259 e. The predicted octanol–water partition coefficient (Wildman–Crippen LogP) is 5.24. The summed E-state index contributed by atoms with van der Waals surface area (Å²) in [5.74, 6) is 2.11. The Kier molecular flexibility index (Phi) is 6.30. The number of furan rings is 1. The monoisotopic (exact) mass is 475 g/mol. The lowest BCUT2D eigenvalue weighted by Crippen LogP contribution is -2.37. The average Bonchev–Trinajstić information content (AvgIpc) is 3.58. The van der Waals surface area contributed by atoms with Crippen LogP contribution in [0.25, 0.3) is 22.4 Å². The molecule has 35 heavy (non-hydrogen) atoms. The van der Waals surface area contributed by atoms with Crippen LogP contribution in [-0.4, -0.2) is 47.3 Å². The Morgan fingerprint density at radius 1 is 1.20 bits per heavy atom. The molecule has 0 aliphatic carbocycles. The summed E-state index contributed by atoms with van der Waals surface area (Å²) in [6.45, 7) is 7.17. The summed E-state index contributed by atoms with van der Waals surface area (Å²) >= 11 is 0. The Bertz CT molecular complexity index is 1370. The largest absolute Gasteiger partial charge is 0.496 e. The van der Waals surface area contributed by atoms with Crippen molar-refractivity contribution < 1.29 is 23.2 Å². The van der Waals surface area contributed by atoms with Gasteiger partial charge in [0, 0.05) is 30.8 Å². The van der Waals surface area contributed by atoms with Crippen molar-refractivity contribution in [3.63, 3.8) is 0 Å². The van der Waals surface area contributed by atoms with E-state index in [2.05, 4.69) is 10.1 Å². The molecule has 1 aliphatic heterocycles. The number of pyridine rings is 1. The zero-order valence-corrected chi connectivity index (χ0v) is 20.5. The minimum absolute atomic E-state index is 0.00667. The first-order chi connectivity index (χ1) is 16.9. The Balaban J connectivity index is 1.59. The molecule has 0 saturated carbocycles. The van der Waals surface area contributed by atoms with E-state index in [0.29, 0.717) is 41.1 Å². The van der Waals surface area contributed by atoms with E-state index in [1.807, 2.05) is 62.1 Å². The molecule has 1 amide bonds. The lowest BCUT2D eigenvalue weighted by molar-refractivity contribution is 0.0507. The summed E-state index contributed by atoms with van der Waals surface area (Å²) in [4.78, 5) is 20.7. The fourth-order valence-electron chi connectivity index (χ4n) is 4.75. The highest BCUT2D eigenvalue weighted by Gasteiger charge is 2.28. The van der Waals surface area contributed by atoms with Crippen LogP contribution in [0.15, 0.2) is 45.3 Å². The van der Waals surface area contributed by atoms with E-state index in [0.717, 1.165) is 47.8 Å². The maximum absolute atomic E-state index is 14.2. The molecule has 8 nitrogen and oxygen atoms in total. The number of para-hydroxylation sites is 1.